The molecule has 0 aliphatic carbocycles. The van der Waals surface area contributed by atoms with Crippen LogP contribution >= 0.6 is 23.2 Å². The minimum atomic E-state index is -1.00. The molecular formula is C14H11Cl2NO3. The van der Waals surface area contributed by atoms with Gasteiger partial charge in [-0.2, -0.15) is 0 Å². The van der Waals surface area contributed by atoms with Gasteiger partial charge in [0.2, 0.25) is 0 Å². The van der Waals surface area contributed by atoms with Crippen molar-refractivity contribution in [3.63, 3.8) is 0 Å². The van der Waals surface area contributed by atoms with Crippen molar-refractivity contribution in [2.45, 2.75) is 12.5 Å². The van der Waals surface area contributed by atoms with Crippen LogP contribution in [0.25, 0.3) is 0 Å². The van der Waals surface area contributed by atoms with Gasteiger partial charge in [0.15, 0.2) is 0 Å². The molecule has 6 heteroatoms. The van der Waals surface area contributed by atoms with Gasteiger partial charge >= 0.3 is 0 Å². The molecular weight excluding hydrogens is 301 g/mol. The van der Waals surface area contributed by atoms with Crippen LogP contribution < -0.4 is 0 Å². The third-order valence-electron chi connectivity index (χ3n) is 2.93. The Hall–Kier alpha value is -1.62. The Labute approximate surface area is 125 Å². The topological polar surface area (TPSA) is 63.4 Å². The lowest BCUT2D eigenvalue weighted by atomic mass is 10.00. The molecule has 1 N–H and O–H groups in total. The second-order valence-corrected chi connectivity index (χ2v) is 5.06. The molecule has 0 radical (unpaired) electrons. The summed E-state index contributed by atoms with van der Waals surface area (Å²) in [6, 6.07) is 11.2. The predicted octanol–water partition coefficient (Wildman–Crippen LogP) is 4.18. The molecule has 0 aromatic heterocycles. The maximum atomic E-state index is 10.9. The fraction of sp³-hybridized carbons (Fsp3) is 0.143. The third kappa shape index (κ3) is 3.10. The van der Waals surface area contributed by atoms with Crippen LogP contribution in [0.2, 0.25) is 10.0 Å². The van der Waals surface area contributed by atoms with Crippen LogP contribution in [0, 0.1) is 10.1 Å². The van der Waals surface area contributed by atoms with Gasteiger partial charge in [0.25, 0.3) is 5.69 Å². The first-order valence-electron chi connectivity index (χ1n) is 5.85. The van der Waals surface area contributed by atoms with Crippen molar-refractivity contribution in [3.05, 3.63) is 73.8 Å². The predicted molar refractivity (Wildman–Crippen MR) is 78.2 cm³/mol. The van der Waals surface area contributed by atoms with Crippen LogP contribution in [0.15, 0.2) is 42.5 Å². The van der Waals surface area contributed by atoms with Crippen LogP contribution in [0.5, 0.6) is 0 Å². The van der Waals surface area contributed by atoms with Crippen molar-refractivity contribution in [3.8, 4) is 0 Å². The summed E-state index contributed by atoms with van der Waals surface area (Å²) >= 11 is 12.0. The first-order valence-corrected chi connectivity index (χ1v) is 6.60. The van der Waals surface area contributed by atoms with E-state index in [1.807, 2.05) is 0 Å². The SMILES string of the molecule is O=[N+]([O-])c1ccccc1CC(O)c1c(Cl)cccc1Cl. The van der Waals surface area contributed by atoms with Gasteiger partial charge in [-0.05, 0) is 12.1 Å². The Balaban J connectivity index is 2.33. The van der Waals surface area contributed by atoms with Crippen molar-refractivity contribution >= 4 is 28.9 Å². The summed E-state index contributed by atoms with van der Waals surface area (Å²) in [7, 11) is 0. The summed E-state index contributed by atoms with van der Waals surface area (Å²) in [6.07, 6.45) is -0.932. The first kappa shape index (κ1) is 14.8. The molecule has 0 fully saturated rings. The largest absolute Gasteiger partial charge is 0.388 e. The highest BCUT2D eigenvalue weighted by atomic mass is 35.5. The Bertz CT molecular complexity index is 626. The van der Waals surface area contributed by atoms with Gasteiger partial charge in [0.1, 0.15) is 0 Å². The summed E-state index contributed by atoms with van der Waals surface area (Å²) in [5.41, 5.74) is 0.782. The molecule has 4 nitrogen and oxygen atoms in total. The standard InChI is InChI=1S/C14H11Cl2NO3/c15-10-5-3-6-11(16)14(10)13(18)8-9-4-1-2-7-12(9)17(19)20/h1-7,13,18H,8H2. The number of hydrogen-bond acceptors (Lipinski definition) is 3. The molecule has 0 spiro atoms. The number of nitrogens with zero attached hydrogens (tertiary/aromatic N) is 1. The Kier molecular flexibility index (Phi) is 4.60. The van der Waals surface area contributed by atoms with Gasteiger partial charge in [-0.15, -0.1) is 0 Å². The van der Waals surface area contributed by atoms with Gasteiger partial charge in [-0.3, -0.25) is 10.1 Å². The number of para-hydroxylation sites is 1. The molecule has 104 valence electrons. The maximum Gasteiger partial charge on any atom is 0.272 e. The summed E-state index contributed by atoms with van der Waals surface area (Å²) in [6.45, 7) is 0. The molecule has 0 amide bonds. The summed E-state index contributed by atoms with van der Waals surface area (Å²) in [4.78, 5) is 10.5. The Morgan fingerprint density at radius 2 is 1.70 bits per heavy atom. The maximum absolute atomic E-state index is 10.9. The average Bonchev–Trinajstić information content (AvgIpc) is 2.38. The average molecular weight is 312 g/mol. The molecule has 0 bridgehead atoms. The zero-order valence-electron chi connectivity index (χ0n) is 10.3. The molecule has 2 rings (SSSR count). The van der Waals surface area contributed by atoms with Crippen LogP contribution in [0.3, 0.4) is 0 Å². The molecule has 0 saturated carbocycles. The number of aliphatic hydroxyl groups excluding tert-OH is 1. The molecule has 20 heavy (non-hydrogen) atoms. The molecule has 0 aliphatic rings. The summed E-state index contributed by atoms with van der Waals surface area (Å²) in [5, 5.41) is 21.9. The number of hydrogen-bond donors (Lipinski definition) is 1. The summed E-state index contributed by atoms with van der Waals surface area (Å²) < 4.78 is 0. The number of aliphatic hydroxyl groups is 1. The lowest BCUT2D eigenvalue weighted by molar-refractivity contribution is -0.385. The highest BCUT2D eigenvalue weighted by molar-refractivity contribution is 6.36. The van der Waals surface area contributed by atoms with E-state index in [1.165, 1.54) is 6.07 Å². The Morgan fingerprint density at radius 1 is 1.10 bits per heavy atom. The van der Waals surface area contributed by atoms with E-state index in [9.17, 15) is 15.2 Å². The van der Waals surface area contributed by atoms with Gasteiger partial charge in [0.05, 0.1) is 11.0 Å². The Morgan fingerprint density at radius 3 is 2.30 bits per heavy atom. The van der Waals surface area contributed by atoms with Crippen LogP contribution in [0.4, 0.5) is 5.69 Å². The first-order chi connectivity index (χ1) is 9.50. The van der Waals surface area contributed by atoms with E-state index in [0.717, 1.165) is 0 Å². The number of nitro groups is 1. The van der Waals surface area contributed by atoms with Gasteiger partial charge in [-0.25, -0.2) is 0 Å². The van der Waals surface area contributed by atoms with E-state index in [0.29, 0.717) is 21.2 Å². The summed E-state index contributed by atoms with van der Waals surface area (Å²) in [5.74, 6) is 0. The van der Waals surface area contributed by atoms with Crippen molar-refractivity contribution < 1.29 is 10.0 Å². The van der Waals surface area contributed by atoms with E-state index in [-0.39, 0.29) is 12.1 Å². The van der Waals surface area contributed by atoms with Gasteiger partial charge in [0, 0.05) is 33.7 Å². The highest BCUT2D eigenvalue weighted by Gasteiger charge is 2.20. The quantitative estimate of drug-likeness (QED) is 0.680. The molecule has 1 unspecified atom stereocenters. The van der Waals surface area contributed by atoms with E-state index in [1.54, 1.807) is 36.4 Å². The smallest absolute Gasteiger partial charge is 0.272 e. The second-order valence-electron chi connectivity index (χ2n) is 4.24. The lowest BCUT2D eigenvalue weighted by Gasteiger charge is -2.14. The third-order valence-corrected chi connectivity index (χ3v) is 3.59. The molecule has 0 heterocycles. The van der Waals surface area contributed by atoms with Crippen LogP contribution in [0.1, 0.15) is 17.2 Å². The van der Waals surface area contributed by atoms with E-state index in [4.69, 9.17) is 23.2 Å². The fourth-order valence-corrected chi connectivity index (χ4v) is 2.65. The van der Waals surface area contributed by atoms with Crippen molar-refractivity contribution in [2.24, 2.45) is 0 Å². The number of benzene rings is 2. The minimum Gasteiger partial charge on any atom is -0.388 e. The lowest BCUT2D eigenvalue weighted by Crippen LogP contribution is -2.05. The van der Waals surface area contributed by atoms with E-state index in [2.05, 4.69) is 0 Å². The van der Waals surface area contributed by atoms with Crippen LogP contribution in [-0.2, 0) is 6.42 Å². The number of halogens is 2. The normalized spacial score (nSPS) is 12.2. The van der Waals surface area contributed by atoms with Gasteiger partial charge < -0.3 is 5.11 Å². The van der Waals surface area contributed by atoms with Crippen molar-refractivity contribution in [1.82, 2.24) is 0 Å². The second kappa shape index (κ2) is 6.22. The minimum absolute atomic E-state index is 0.0327. The highest BCUT2D eigenvalue weighted by Crippen LogP contribution is 2.33. The molecule has 0 aliphatic heterocycles. The van der Waals surface area contributed by atoms with Crippen LogP contribution in [-0.4, -0.2) is 10.0 Å². The van der Waals surface area contributed by atoms with Gasteiger partial charge in [-0.1, -0.05) is 47.5 Å². The molecule has 2 aromatic carbocycles. The van der Waals surface area contributed by atoms with E-state index >= 15 is 0 Å². The zero-order chi connectivity index (χ0) is 14.7. The number of rotatable bonds is 4. The van der Waals surface area contributed by atoms with Crippen molar-refractivity contribution in [1.29, 1.82) is 0 Å². The number of nitro benzene ring substituents is 1. The fourth-order valence-electron chi connectivity index (χ4n) is 2.00. The molecule has 2 aromatic rings. The monoisotopic (exact) mass is 311 g/mol. The zero-order valence-corrected chi connectivity index (χ0v) is 11.8. The molecule has 1 atom stereocenters. The van der Waals surface area contributed by atoms with E-state index < -0.39 is 11.0 Å². The molecule has 0 saturated heterocycles. The van der Waals surface area contributed by atoms with Crippen molar-refractivity contribution in [2.75, 3.05) is 0 Å².